The molecule has 0 radical (unpaired) electrons. The fraction of sp³-hybridized carbons (Fsp3) is 0.600. The lowest BCUT2D eigenvalue weighted by atomic mass is 10.0. The Kier molecular flexibility index (Phi) is 3.69. The van der Waals surface area contributed by atoms with Crippen LogP contribution in [0.5, 0.6) is 11.5 Å². The van der Waals surface area contributed by atoms with Gasteiger partial charge in [0.05, 0.1) is 19.6 Å². The first-order chi connectivity index (χ1) is 9.17. The van der Waals surface area contributed by atoms with Crippen LogP contribution in [0.15, 0.2) is 16.6 Å². The van der Waals surface area contributed by atoms with Crippen molar-refractivity contribution in [3.8, 4) is 11.5 Å². The van der Waals surface area contributed by atoms with E-state index in [9.17, 15) is 0 Å². The van der Waals surface area contributed by atoms with E-state index in [4.69, 9.17) is 21.1 Å². The highest BCUT2D eigenvalue weighted by molar-refractivity contribution is 9.10. The number of rotatable bonds is 4. The minimum absolute atomic E-state index is 0.0736. The molecular formula is C15H18BrClO2. The van der Waals surface area contributed by atoms with Crippen LogP contribution in [0.25, 0.3) is 0 Å². The van der Waals surface area contributed by atoms with Gasteiger partial charge < -0.3 is 9.47 Å². The third kappa shape index (κ3) is 2.25. The third-order valence-corrected chi connectivity index (χ3v) is 5.82. The Labute approximate surface area is 127 Å². The Balaban J connectivity index is 1.87. The second kappa shape index (κ2) is 5.17. The number of ether oxygens (including phenoxy) is 2. The van der Waals surface area contributed by atoms with Crippen molar-refractivity contribution in [1.29, 1.82) is 0 Å². The Morgan fingerprint density at radius 2 is 1.74 bits per heavy atom. The number of alkyl halides is 1. The van der Waals surface area contributed by atoms with E-state index in [1.165, 1.54) is 19.3 Å². The van der Waals surface area contributed by atoms with E-state index < -0.39 is 0 Å². The molecule has 0 aromatic heterocycles. The fourth-order valence-corrected chi connectivity index (χ4v) is 4.85. The highest BCUT2D eigenvalue weighted by Gasteiger charge is 2.56. The lowest BCUT2D eigenvalue weighted by molar-refractivity contribution is 0.354. The van der Waals surface area contributed by atoms with Gasteiger partial charge in [0.25, 0.3) is 0 Å². The average Bonchev–Trinajstić information content (AvgIpc) is 2.90. The van der Waals surface area contributed by atoms with Gasteiger partial charge in [-0.05, 0) is 48.3 Å². The molecule has 3 unspecified atom stereocenters. The normalized spacial score (nSPS) is 29.8. The van der Waals surface area contributed by atoms with Crippen LogP contribution in [-0.4, -0.2) is 14.2 Å². The summed E-state index contributed by atoms with van der Waals surface area (Å²) in [5, 5.41) is 0.0736. The molecule has 1 aromatic carbocycles. The van der Waals surface area contributed by atoms with Crippen LogP contribution in [0.3, 0.4) is 0 Å². The summed E-state index contributed by atoms with van der Waals surface area (Å²) in [4.78, 5) is 0. The molecule has 0 bridgehead atoms. The van der Waals surface area contributed by atoms with Crippen LogP contribution in [0.2, 0.25) is 0 Å². The van der Waals surface area contributed by atoms with Crippen LogP contribution in [0.1, 0.15) is 30.2 Å². The Bertz CT molecular complexity index is 481. The number of benzene rings is 1. The van der Waals surface area contributed by atoms with E-state index in [0.29, 0.717) is 5.92 Å². The second-order valence-corrected chi connectivity index (χ2v) is 6.79. The topological polar surface area (TPSA) is 18.5 Å². The maximum atomic E-state index is 6.71. The van der Waals surface area contributed by atoms with Gasteiger partial charge in [-0.2, -0.15) is 0 Å². The van der Waals surface area contributed by atoms with Crippen LogP contribution < -0.4 is 9.47 Å². The number of methoxy groups -OCH3 is 2. The molecule has 1 aromatic rings. The SMILES string of the molecule is COc1cc(Br)c(C(Cl)C2C3CCCC32)cc1OC. The molecule has 0 saturated heterocycles. The first-order valence-electron chi connectivity index (χ1n) is 6.73. The maximum absolute atomic E-state index is 6.71. The number of hydrogen-bond donors (Lipinski definition) is 0. The summed E-state index contributed by atoms with van der Waals surface area (Å²) in [6, 6.07) is 3.95. The summed E-state index contributed by atoms with van der Waals surface area (Å²) in [6.07, 6.45) is 4.08. The summed E-state index contributed by atoms with van der Waals surface area (Å²) in [6.45, 7) is 0. The number of hydrogen-bond acceptors (Lipinski definition) is 2. The molecule has 0 amide bonds. The predicted octanol–water partition coefficient (Wildman–Crippen LogP) is 4.79. The van der Waals surface area contributed by atoms with Crippen molar-refractivity contribution in [3.63, 3.8) is 0 Å². The van der Waals surface area contributed by atoms with Crippen molar-refractivity contribution in [2.45, 2.75) is 24.6 Å². The van der Waals surface area contributed by atoms with Crippen LogP contribution in [0, 0.1) is 17.8 Å². The molecule has 3 rings (SSSR count). The highest BCUT2D eigenvalue weighted by atomic mass is 79.9. The van der Waals surface area contributed by atoms with Crippen molar-refractivity contribution in [1.82, 2.24) is 0 Å². The minimum atomic E-state index is 0.0736. The fourth-order valence-electron chi connectivity index (χ4n) is 3.60. The molecule has 0 heterocycles. The third-order valence-electron chi connectivity index (χ3n) is 4.61. The minimum Gasteiger partial charge on any atom is -0.493 e. The molecule has 2 fully saturated rings. The summed E-state index contributed by atoms with van der Waals surface area (Å²) in [5.41, 5.74) is 1.12. The van der Waals surface area contributed by atoms with Crippen LogP contribution in [-0.2, 0) is 0 Å². The van der Waals surface area contributed by atoms with Gasteiger partial charge >= 0.3 is 0 Å². The molecule has 2 aliphatic carbocycles. The van der Waals surface area contributed by atoms with Gasteiger partial charge in [-0.15, -0.1) is 11.6 Å². The van der Waals surface area contributed by atoms with Crippen molar-refractivity contribution in [2.75, 3.05) is 14.2 Å². The molecule has 0 N–H and O–H groups in total. The lowest BCUT2D eigenvalue weighted by Gasteiger charge is -2.17. The Hall–Kier alpha value is -0.410. The molecule has 4 heteroatoms. The second-order valence-electron chi connectivity index (χ2n) is 5.47. The Morgan fingerprint density at radius 1 is 1.16 bits per heavy atom. The summed E-state index contributed by atoms with van der Waals surface area (Å²) in [7, 11) is 3.30. The van der Waals surface area contributed by atoms with Crippen molar-refractivity contribution >= 4 is 27.5 Å². The Morgan fingerprint density at radius 3 is 2.32 bits per heavy atom. The molecule has 104 valence electrons. The maximum Gasteiger partial charge on any atom is 0.161 e. The van der Waals surface area contributed by atoms with Crippen molar-refractivity contribution < 1.29 is 9.47 Å². The molecular weight excluding hydrogens is 328 g/mol. The van der Waals surface area contributed by atoms with E-state index in [0.717, 1.165) is 33.4 Å². The van der Waals surface area contributed by atoms with E-state index in [-0.39, 0.29) is 5.38 Å². The molecule has 0 aliphatic heterocycles. The van der Waals surface area contributed by atoms with Gasteiger partial charge in [-0.25, -0.2) is 0 Å². The number of fused-ring (bicyclic) bond motifs is 1. The van der Waals surface area contributed by atoms with Crippen LogP contribution >= 0.6 is 27.5 Å². The van der Waals surface area contributed by atoms with E-state index in [1.54, 1.807) is 14.2 Å². The van der Waals surface area contributed by atoms with Gasteiger partial charge in [-0.3, -0.25) is 0 Å². The van der Waals surface area contributed by atoms with Gasteiger partial charge in [-0.1, -0.05) is 22.4 Å². The average molecular weight is 346 g/mol. The largest absolute Gasteiger partial charge is 0.493 e. The van der Waals surface area contributed by atoms with Gasteiger partial charge in [0, 0.05) is 4.47 Å². The molecule has 3 atom stereocenters. The lowest BCUT2D eigenvalue weighted by Crippen LogP contribution is -2.01. The zero-order valence-corrected chi connectivity index (χ0v) is 13.5. The van der Waals surface area contributed by atoms with Crippen molar-refractivity contribution in [3.05, 3.63) is 22.2 Å². The highest BCUT2D eigenvalue weighted by Crippen LogP contribution is 2.64. The zero-order chi connectivity index (χ0) is 13.6. The monoisotopic (exact) mass is 344 g/mol. The molecule has 2 aliphatic rings. The molecule has 2 saturated carbocycles. The summed E-state index contributed by atoms with van der Waals surface area (Å²) in [5.74, 6) is 3.82. The van der Waals surface area contributed by atoms with Gasteiger partial charge in [0.1, 0.15) is 0 Å². The van der Waals surface area contributed by atoms with E-state index in [1.807, 2.05) is 12.1 Å². The molecule has 0 spiro atoms. The smallest absolute Gasteiger partial charge is 0.161 e. The summed E-state index contributed by atoms with van der Waals surface area (Å²) >= 11 is 10.3. The summed E-state index contributed by atoms with van der Waals surface area (Å²) < 4.78 is 11.7. The van der Waals surface area contributed by atoms with Gasteiger partial charge in [0.2, 0.25) is 0 Å². The van der Waals surface area contributed by atoms with Gasteiger partial charge in [0.15, 0.2) is 11.5 Å². The van der Waals surface area contributed by atoms with Crippen molar-refractivity contribution in [2.24, 2.45) is 17.8 Å². The quantitative estimate of drug-likeness (QED) is 0.730. The first-order valence-corrected chi connectivity index (χ1v) is 7.95. The number of halogens is 2. The molecule has 19 heavy (non-hydrogen) atoms. The predicted molar refractivity (Wildman–Crippen MR) is 80.2 cm³/mol. The zero-order valence-electron chi connectivity index (χ0n) is 11.2. The standard InChI is InChI=1S/C15H18BrClO2/c1-18-12-6-10(11(16)7-13(12)19-2)15(17)14-8-4-3-5-9(8)14/h6-9,14-15H,3-5H2,1-2H3. The molecule has 2 nitrogen and oxygen atoms in total. The van der Waals surface area contributed by atoms with Crippen LogP contribution in [0.4, 0.5) is 0 Å². The van der Waals surface area contributed by atoms with E-state index >= 15 is 0 Å². The van der Waals surface area contributed by atoms with E-state index in [2.05, 4.69) is 15.9 Å². The first kappa shape index (κ1) is 13.6.